The first kappa shape index (κ1) is 15.0. The van der Waals surface area contributed by atoms with Crippen molar-refractivity contribution in [2.75, 3.05) is 6.54 Å². The zero-order chi connectivity index (χ0) is 13.5. The third kappa shape index (κ3) is 4.69. The molecule has 0 fully saturated rings. The minimum absolute atomic E-state index is 0.262. The molecule has 2 nitrogen and oxygen atoms in total. The molecule has 0 spiro atoms. The fraction of sp³-hybridized carbons (Fsp3) is 0.625. The molecule has 0 radical (unpaired) electrons. The van der Waals surface area contributed by atoms with Gasteiger partial charge in [-0.1, -0.05) is 39.3 Å². The Balaban J connectivity index is 2.67. The van der Waals surface area contributed by atoms with Crippen molar-refractivity contribution in [3.63, 3.8) is 0 Å². The zero-order valence-corrected chi connectivity index (χ0v) is 12.4. The monoisotopic (exact) mass is 249 g/mol. The number of benzene rings is 1. The van der Waals surface area contributed by atoms with Crippen LogP contribution in [-0.4, -0.2) is 18.7 Å². The molecule has 102 valence electrons. The van der Waals surface area contributed by atoms with E-state index >= 15 is 0 Å². The number of aryl methyl sites for hydroxylation is 1. The average molecular weight is 249 g/mol. The lowest BCUT2D eigenvalue weighted by Crippen LogP contribution is -2.35. The van der Waals surface area contributed by atoms with Crippen molar-refractivity contribution in [2.24, 2.45) is 0 Å². The Hall–Kier alpha value is -1.02. The summed E-state index contributed by atoms with van der Waals surface area (Å²) in [7, 11) is 0. The van der Waals surface area contributed by atoms with Gasteiger partial charge in [0.25, 0.3) is 0 Å². The first-order chi connectivity index (χ1) is 8.54. The van der Waals surface area contributed by atoms with E-state index < -0.39 is 0 Å². The summed E-state index contributed by atoms with van der Waals surface area (Å²) < 4.78 is 6.15. The van der Waals surface area contributed by atoms with Gasteiger partial charge in [0, 0.05) is 12.6 Å². The summed E-state index contributed by atoms with van der Waals surface area (Å²) in [6.07, 6.45) is 2.50. The van der Waals surface area contributed by atoms with Gasteiger partial charge in [-0.05, 0) is 37.5 Å². The topological polar surface area (TPSA) is 21.3 Å². The molecule has 1 atom stereocenters. The fourth-order valence-electron chi connectivity index (χ4n) is 1.92. The van der Waals surface area contributed by atoms with Gasteiger partial charge in [0.05, 0.1) is 0 Å². The molecule has 1 N–H and O–H groups in total. The first-order valence-corrected chi connectivity index (χ1v) is 7.00. The van der Waals surface area contributed by atoms with Crippen LogP contribution in [0.3, 0.4) is 0 Å². The van der Waals surface area contributed by atoms with E-state index in [-0.39, 0.29) is 6.10 Å². The second-order valence-electron chi connectivity index (χ2n) is 5.29. The highest BCUT2D eigenvalue weighted by atomic mass is 16.5. The minimum Gasteiger partial charge on any atom is -0.489 e. The Labute approximate surface area is 112 Å². The van der Waals surface area contributed by atoms with Crippen molar-refractivity contribution >= 4 is 0 Å². The Bertz CT molecular complexity index is 360. The average Bonchev–Trinajstić information content (AvgIpc) is 2.32. The Morgan fingerprint density at radius 2 is 1.94 bits per heavy atom. The summed E-state index contributed by atoms with van der Waals surface area (Å²) in [5.74, 6) is 1.03. The predicted molar refractivity (Wildman–Crippen MR) is 78.4 cm³/mol. The molecule has 0 heterocycles. The van der Waals surface area contributed by atoms with Crippen LogP contribution < -0.4 is 10.1 Å². The second kappa shape index (κ2) is 7.42. The van der Waals surface area contributed by atoms with Gasteiger partial charge in [-0.15, -0.1) is 0 Å². The van der Waals surface area contributed by atoms with Gasteiger partial charge in [-0.2, -0.15) is 0 Å². The lowest BCUT2D eigenvalue weighted by atomic mass is 10.1. The van der Waals surface area contributed by atoms with Gasteiger partial charge in [0.2, 0.25) is 0 Å². The van der Waals surface area contributed by atoms with Crippen LogP contribution in [0.1, 0.15) is 44.7 Å². The summed E-state index contributed by atoms with van der Waals surface area (Å²) in [5, 5.41) is 3.46. The lowest BCUT2D eigenvalue weighted by Gasteiger charge is -2.22. The van der Waals surface area contributed by atoms with Gasteiger partial charge in [0.1, 0.15) is 11.9 Å². The molecule has 18 heavy (non-hydrogen) atoms. The molecule has 0 saturated carbocycles. The van der Waals surface area contributed by atoms with Crippen LogP contribution in [-0.2, 0) is 0 Å². The van der Waals surface area contributed by atoms with Crippen molar-refractivity contribution in [3.05, 3.63) is 29.3 Å². The third-order valence-corrected chi connectivity index (χ3v) is 3.21. The highest BCUT2D eigenvalue weighted by Gasteiger charge is 2.12. The van der Waals surface area contributed by atoms with Gasteiger partial charge in [-0.3, -0.25) is 0 Å². The molecule has 0 aliphatic heterocycles. The van der Waals surface area contributed by atoms with Crippen molar-refractivity contribution in [1.29, 1.82) is 0 Å². The van der Waals surface area contributed by atoms with E-state index in [1.807, 2.05) is 0 Å². The molecule has 1 unspecified atom stereocenters. The first-order valence-electron chi connectivity index (χ1n) is 7.00. The molecule has 0 aliphatic carbocycles. The summed E-state index contributed by atoms with van der Waals surface area (Å²) in [6.45, 7) is 11.7. The van der Waals surface area contributed by atoms with Crippen LogP contribution in [0.15, 0.2) is 18.2 Å². The Morgan fingerprint density at radius 3 is 2.56 bits per heavy atom. The molecule has 1 rings (SSSR count). The number of ether oxygens (including phenoxy) is 1. The van der Waals surface area contributed by atoms with Crippen LogP contribution in [0.4, 0.5) is 0 Å². The van der Waals surface area contributed by atoms with Crippen LogP contribution in [0.5, 0.6) is 5.75 Å². The molecule has 0 bridgehead atoms. The van der Waals surface area contributed by atoms with Crippen molar-refractivity contribution in [3.8, 4) is 5.75 Å². The summed E-state index contributed by atoms with van der Waals surface area (Å²) >= 11 is 0. The Kier molecular flexibility index (Phi) is 6.20. The lowest BCUT2D eigenvalue weighted by molar-refractivity contribution is 0.182. The Morgan fingerprint density at radius 1 is 1.22 bits per heavy atom. The van der Waals surface area contributed by atoms with E-state index in [2.05, 4.69) is 58.1 Å². The number of rotatable bonds is 7. The normalized spacial score (nSPS) is 12.8. The maximum Gasteiger partial charge on any atom is 0.122 e. The molecular formula is C16H27NO. The minimum atomic E-state index is 0.262. The smallest absolute Gasteiger partial charge is 0.122 e. The molecular weight excluding hydrogens is 222 g/mol. The number of nitrogens with one attached hydrogen (secondary N) is 1. The molecule has 0 aliphatic rings. The zero-order valence-electron chi connectivity index (χ0n) is 12.4. The van der Waals surface area contributed by atoms with Crippen LogP contribution in [0.25, 0.3) is 0 Å². The fourth-order valence-corrected chi connectivity index (χ4v) is 1.92. The van der Waals surface area contributed by atoms with E-state index in [9.17, 15) is 0 Å². The predicted octanol–water partition coefficient (Wildman–Crippen LogP) is 3.85. The van der Waals surface area contributed by atoms with Crippen LogP contribution >= 0.6 is 0 Å². The summed E-state index contributed by atoms with van der Waals surface area (Å²) in [6, 6.07) is 6.77. The highest BCUT2D eigenvalue weighted by Crippen LogP contribution is 2.22. The van der Waals surface area contributed by atoms with Crippen molar-refractivity contribution in [2.45, 2.75) is 59.6 Å². The maximum atomic E-state index is 6.15. The van der Waals surface area contributed by atoms with Crippen LogP contribution in [0, 0.1) is 13.8 Å². The SMILES string of the molecule is CCCC(CNC(C)C)Oc1cccc(C)c1C. The maximum absolute atomic E-state index is 6.15. The van der Waals surface area contributed by atoms with E-state index in [4.69, 9.17) is 4.74 Å². The van der Waals surface area contributed by atoms with Gasteiger partial charge in [-0.25, -0.2) is 0 Å². The van der Waals surface area contributed by atoms with Crippen molar-refractivity contribution < 1.29 is 4.74 Å². The molecule has 1 aromatic carbocycles. The molecule has 2 heteroatoms. The van der Waals surface area contributed by atoms with E-state index in [0.29, 0.717) is 6.04 Å². The molecule has 0 aromatic heterocycles. The summed E-state index contributed by atoms with van der Waals surface area (Å²) in [4.78, 5) is 0. The summed E-state index contributed by atoms with van der Waals surface area (Å²) in [5.41, 5.74) is 2.54. The quantitative estimate of drug-likeness (QED) is 0.792. The third-order valence-electron chi connectivity index (χ3n) is 3.21. The van der Waals surface area contributed by atoms with Crippen molar-refractivity contribution in [1.82, 2.24) is 5.32 Å². The largest absolute Gasteiger partial charge is 0.489 e. The van der Waals surface area contributed by atoms with E-state index in [1.54, 1.807) is 0 Å². The number of hydrogen-bond donors (Lipinski definition) is 1. The standard InChI is InChI=1S/C16H27NO/c1-6-8-15(11-17-12(2)3)18-16-10-7-9-13(4)14(16)5/h7,9-10,12,15,17H,6,8,11H2,1-5H3. The number of hydrogen-bond acceptors (Lipinski definition) is 2. The van der Waals surface area contributed by atoms with E-state index in [0.717, 1.165) is 25.1 Å². The van der Waals surface area contributed by atoms with Gasteiger partial charge >= 0.3 is 0 Å². The van der Waals surface area contributed by atoms with Gasteiger partial charge in [0.15, 0.2) is 0 Å². The van der Waals surface area contributed by atoms with E-state index in [1.165, 1.54) is 11.1 Å². The molecule has 0 saturated heterocycles. The van der Waals surface area contributed by atoms with Gasteiger partial charge < -0.3 is 10.1 Å². The highest BCUT2D eigenvalue weighted by molar-refractivity contribution is 5.38. The van der Waals surface area contributed by atoms with Crippen LogP contribution in [0.2, 0.25) is 0 Å². The molecule has 1 aromatic rings. The second-order valence-corrected chi connectivity index (χ2v) is 5.29. The molecule has 0 amide bonds.